The maximum atomic E-state index is 12.1. The van der Waals surface area contributed by atoms with Crippen molar-refractivity contribution in [2.75, 3.05) is 7.11 Å². The number of thiophene rings is 1. The first kappa shape index (κ1) is 12.6. The smallest absolute Gasteiger partial charge is 0.310 e. The Labute approximate surface area is 108 Å². The lowest BCUT2D eigenvalue weighted by molar-refractivity contribution is -0.139. The monoisotopic (exact) mass is 264 g/mol. The normalized spacial score (nSPS) is 10.3. The average molecular weight is 264 g/mol. The van der Waals surface area contributed by atoms with Crippen LogP contribution in [0.3, 0.4) is 0 Å². The van der Waals surface area contributed by atoms with Crippen LogP contribution in [0.5, 0.6) is 0 Å². The third kappa shape index (κ3) is 2.51. The van der Waals surface area contributed by atoms with Gasteiger partial charge in [0.2, 0.25) is 5.78 Å². The van der Waals surface area contributed by atoms with Crippen molar-refractivity contribution in [3.63, 3.8) is 0 Å². The van der Waals surface area contributed by atoms with Gasteiger partial charge >= 0.3 is 5.97 Å². The molecule has 0 saturated heterocycles. The van der Waals surface area contributed by atoms with Crippen molar-refractivity contribution in [3.05, 3.63) is 45.5 Å². The predicted octanol–water partition coefficient (Wildman–Crippen LogP) is 2.60. The first-order chi connectivity index (χ1) is 8.61. The van der Waals surface area contributed by atoms with Crippen LogP contribution in [0, 0.1) is 6.92 Å². The first-order valence-corrected chi connectivity index (χ1v) is 6.17. The summed E-state index contributed by atoms with van der Waals surface area (Å²) in [6.45, 7) is 1.75. The molecule has 18 heavy (non-hydrogen) atoms. The number of ether oxygens (including phenoxy) is 1. The van der Waals surface area contributed by atoms with Gasteiger partial charge in [-0.1, -0.05) is 0 Å². The van der Waals surface area contributed by atoms with Crippen LogP contribution in [0.15, 0.2) is 28.9 Å². The zero-order chi connectivity index (χ0) is 13.1. The minimum atomic E-state index is -0.310. The molecule has 0 aliphatic carbocycles. The highest BCUT2D eigenvalue weighted by molar-refractivity contribution is 7.14. The Morgan fingerprint density at radius 1 is 1.33 bits per heavy atom. The van der Waals surface area contributed by atoms with Gasteiger partial charge in [0.1, 0.15) is 5.76 Å². The van der Waals surface area contributed by atoms with Gasteiger partial charge in [-0.15, -0.1) is 11.3 Å². The van der Waals surface area contributed by atoms with Crippen LogP contribution < -0.4 is 0 Å². The molecule has 0 unspecified atom stereocenters. The second-order valence-corrected chi connectivity index (χ2v) is 4.91. The van der Waals surface area contributed by atoms with Crippen LogP contribution >= 0.6 is 11.3 Å². The highest BCUT2D eigenvalue weighted by Crippen LogP contribution is 2.22. The van der Waals surface area contributed by atoms with E-state index in [1.165, 1.54) is 24.7 Å². The number of furan rings is 1. The minimum Gasteiger partial charge on any atom is -0.469 e. The van der Waals surface area contributed by atoms with Gasteiger partial charge in [0.15, 0.2) is 0 Å². The molecule has 5 heteroatoms. The molecular weight excluding hydrogens is 252 g/mol. The Bertz CT molecular complexity index is 579. The largest absolute Gasteiger partial charge is 0.469 e. The fourth-order valence-electron chi connectivity index (χ4n) is 1.56. The quantitative estimate of drug-likeness (QED) is 0.629. The topological polar surface area (TPSA) is 56.5 Å². The van der Waals surface area contributed by atoms with Gasteiger partial charge in [-0.2, -0.15) is 0 Å². The second kappa shape index (κ2) is 5.18. The highest BCUT2D eigenvalue weighted by atomic mass is 32.1. The van der Waals surface area contributed by atoms with Crippen LogP contribution in [0.4, 0.5) is 0 Å². The van der Waals surface area contributed by atoms with Crippen LogP contribution in [-0.4, -0.2) is 18.9 Å². The molecule has 0 atom stereocenters. The number of esters is 1. The Morgan fingerprint density at radius 2 is 2.11 bits per heavy atom. The zero-order valence-corrected chi connectivity index (χ0v) is 10.9. The van der Waals surface area contributed by atoms with E-state index in [-0.39, 0.29) is 18.2 Å². The van der Waals surface area contributed by atoms with E-state index in [0.29, 0.717) is 16.2 Å². The van der Waals surface area contributed by atoms with Crippen molar-refractivity contribution in [1.82, 2.24) is 0 Å². The Hall–Kier alpha value is -1.88. The van der Waals surface area contributed by atoms with Crippen LogP contribution in [0.1, 0.15) is 25.9 Å². The van der Waals surface area contributed by atoms with E-state index in [2.05, 4.69) is 4.74 Å². The molecule has 2 aromatic heterocycles. The van der Waals surface area contributed by atoms with Gasteiger partial charge in [-0.3, -0.25) is 9.59 Å². The van der Waals surface area contributed by atoms with Crippen molar-refractivity contribution in [3.8, 4) is 0 Å². The number of methoxy groups -OCH3 is 1. The third-order valence-corrected chi connectivity index (χ3v) is 3.62. The zero-order valence-electron chi connectivity index (χ0n) is 10.1. The summed E-state index contributed by atoms with van der Waals surface area (Å²) in [7, 11) is 1.34. The van der Waals surface area contributed by atoms with Crippen molar-refractivity contribution in [2.45, 2.75) is 13.3 Å². The number of ketones is 1. The summed E-state index contributed by atoms with van der Waals surface area (Å²) in [4.78, 5) is 24.7. The summed E-state index contributed by atoms with van der Waals surface area (Å²) in [6, 6.07) is 5.14. The van der Waals surface area contributed by atoms with Gasteiger partial charge in [0.25, 0.3) is 0 Å². The van der Waals surface area contributed by atoms with E-state index in [1.54, 1.807) is 25.1 Å². The van der Waals surface area contributed by atoms with E-state index in [0.717, 1.165) is 4.88 Å². The summed E-state index contributed by atoms with van der Waals surface area (Å²) in [5.41, 5.74) is 0.557. The maximum absolute atomic E-state index is 12.1. The standard InChI is InChI=1S/C13H12O4S/c1-8-10(5-6-17-8)13(15)11-4-3-9(18-11)7-12(14)16-2/h3-6H,7H2,1-2H3. The summed E-state index contributed by atoms with van der Waals surface area (Å²) in [6.07, 6.45) is 1.68. The van der Waals surface area contributed by atoms with Crippen LogP contribution in [0.25, 0.3) is 0 Å². The SMILES string of the molecule is COC(=O)Cc1ccc(C(=O)c2ccoc2C)s1. The van der Waals surface area contributed by atoms with Gasteiger partial charge in [-0.05, 0) is 25.1 Å². The number of aryl methyl sites for hydroxylation is 1. The molecule has 0 saturated carbocycles. The Balaban J connectivity index is 2.18. The van der Waals surface area contributed by atoms with Crippen molar-refractivity contribution in [1.29, 1.82) is 0 Å². The molecule has 0 aromatic carbocycles. The number of rotatable bonds is 4. The lowest BCUT2D eigenvalue weighted by Gasteiger charge is -1.96. The molecule has 0 aliphatic heterocycles. The first-order valence-electron chi connectivity index (χ1n) is 5.36. The molecule has 2 aromatic rings. The summed E-state index contributed by atoms with van der Waals surface area (Å²) in [5.74, 6) is 0.209. The van der Waals surface area contributed by atoms with E-state index in [9.17, 15) is 9.59 Å². The Kier molecular flexibility index (Phi) is 3.62. The molecule has 0 spiro atoms. The third-order valence-electron chi connectivity index (χ3n) is 2.54. The molecule has 0 aliphatic rings. The predicted molar refractivity (Wildman–Crippen MR) is 66.9 cm³/mol. The highest BCUT2D eigenvalue weighted by Gasteiger charge is 2.16. The molecule has 0 bridgehead atoms. The van der Waals surface area contributed by atoms with E-state index >= 15 is 0 Å². The van der Waals surface area contributed by atoms with E-state index in [4.69, 9.17) is 4.42 Å². The molecule has 94 valence electrons. The van der Waals surface area contributed by atoms with Gasteiger partial charge in [0.05, 0.1) is 30.2 Å². The fourth-order valence-corrected chi connectivity index (χ4v) is 2.51. The van der Waals surface area contributed by atoms with Gasteiger partial charge in [0, 0.05) is 4.88 Å². The molecule has 0 radical (unpaired) electrons. The molecule has 0 N–H and O–H groups in total. The lowest BCUT2D eigenvalue weighted by atomic mass is 10.1. The van der Waals surface area contributed by atoms with Crippen molar-refractivity contribution >= 4 is 23.1 Å². The molecule has 4 nitrogen and oxygen atoms in total. The number of carbonyl (C=O) groups is 2. The molecule has 0 amide bonds. The number of hydrogen-bond acceptors (Lipinski definition) is 5. The van der Waals surface area contributed by atoms with Crippen molar-refractivity contribution in [2.24, 2.45) is 0 Å². The second-order valence-electron chi connectivity index (χ2n) is 3.74. The lowest BCUT2D eigenvalue weighted by Crippen LogP contribution is -2.02. The molecule has 2 heterocycles. The summed E-state index contributed by atoms with van der Waals surface area (Å²) in [5, 5.41) is 0. The van der Waals surface area contributed by atoms with Crippen molar-refractivity contribution < 1.29 is 18.7 Å². The van der Waals surface area contributed by atoms with E-state index in [1.807, 2.05) is 0 Å². The fraction of sp³-hybridized carbons (Fsp3) is 0.231. The average Bonchev–Trinajstić information content (AvgIpc) is 2.97. The van der Waals surface area contributed by atoms with Gasteiger partial charge in [-0.25, -0.2) is 0 Å². The van der Waals surface area contributed by atoms with Crippen LogP contribution in [0.2, 0.25) is 0 Å². The summed E-state index contributed by atoms with van der Waals surface area (Å²) < 4.78 is 9.69. The maximum Gasteiger partial charge on any atom is 0.310 e. The van der Waals surface area contributed by atoms with Crippen LogP contribution in [-0.2, 0) is 16.0 Å². The summed E-state index contributed by atoms with van der Waals surface area (Å²) >= 11 is 1.30. The molecule has 0 fully saturated rings. The van der Waals surface area contributed by atoms with E-state index < -0.39 is 0 Å². The molecular formula is C13H12O4S. The van der Waals surface area contributed by atoms with Gasteiger partial charge < -0.3 is 9.15 Å². The Morgan fingerprint density at radius 3 is 2.72 bits per heavy atom. The molecule has 2 rings (SSSR count). The minimum absolute atomic E-state index is 0.0811. The number of hydrogen-bond donors (Lipinski definition) is 0. The number of carbonyl (C=O) groups excluding carboxylic acids is 2.